The van der Waals surface area contributed by atoms with E-state index in [-0.39, 0.29) is 32.2 Å². The average Bonchev–Trinajstić information content (AvgIpc) is 3.11. The number of nitrogens with zero attached hydrogens (tertiary/aromatic N) is 1. The minimum atomic E-state index is -4.31. The van der Waals surface area contributed by atoms with E-state index < -0.39 is 20.0 Å². The summed E-state index contributed by atoms with van der Waals surface area (Å²) in [5.74, 6) is -0.380. The van der Waals surface area contributed by atoms with Crippen molar-refractivity contribution in [3.63, 3.8) is 0 Å². The van der Waals surface area contributed by atoms with E-state index in [4.69, 9.17) is 18.5 Å². The molecule has 0 spiro atoms. The summed E-state index contributed by atoms with van der Waals surface area (Å²) in [6.07, 6.45) is 42.5. The van der Waals surface area contributed by atoms with Gasteiger partial charge >= 0.3 is 13.8 Å². The molecule has 0 bridgehead atoms. The highest BCUT2D eigenvalue weighted by atomic mass is 31.2. The van der Waals surface area contributed by atoms with E-state index in [9.17, 15) is 19.4 Å². The summed E-state index contributed by atoms with van der Waals surface area (Å²) in [4.78, 5) is 22.8. The molecule has 0 saturated carbocycles. The molecule has 0 aromatic rings. The van der Waals surface area contributed by atoms with Gasteiger partial charge in [-0.1, -0.05) is 127 Å². The van der Waals surface area contributed by atoms with Crippen molar-refractivity contribution in [2.75, 3.05) is 47.5 Å². The fourth-order valence-electron chi connectivity index (χ4n) is 5.37. The number of ether oxygens (including phenoxy) is 2. The number of aliphatic hydroxyl groups is 1. The Bertz CT molecular complexity index is 1070. The van der Waals surface area contributed by atoms with Gasteiger partial charge in [-0.25, -0.2) is 4.57 Å². The standard InChI is InChI=1S/C44H80NO8P/c1-6-8-10-11-12-13-14-15-16-17-18-19-23-26-29-33-38-50-40-43(41-52-54(48,49)51-39-37-45(3,4)5)53-44(47)36-32-28-25-22-20-21-24-27-31-35-42(46)34-30-9-7-2/h9,15-16,24,27,30-31,33,35,38,42-43,46H,6-8,10-14,17-23,25-26,28-29,32,34,36-37,39-41H2,1-5H3/p+1/b16-15-,27-24+,30-9+,35-31+,38-33+/t42?,43-/m1/s1. The van der Waals surface area contributed by atoms with Crippen LogP contribution in [-0.4, -0.2) is 80.2 Å². The second kappa shape index (κ2) is 36.6. The SMILES string of the molecule is CC/C=C/CC(O)/C=C/C=C/CCCCCCCC(=O)O[C@H](CO/C=C/CCCCCC/C=C\CCCCCCCC)COP(=O)(O)OCC[N+](C)(C)C. The lowest BCUT2D eigenvalue weighted by Gasteiger charge is -2.24. The molecule has 54 heavy (non-hydrogen) atoms. The molecule has 10 heteroatoms. The van der Waals surface area contributed by atoms with Gasteiger partial charge in [0, 0.05) is 6.42 Å². The number of carbonyl (C=O) groups excluding carboxylic acids is 1. The topological polar surface area (TPSA) is 112 Å². The maximum Gasteiger partial charge on any atom is 0.472 e. The lowest BCUT2D eigenvalue weighted by Crippen LogP contribution is -2.37. The van der Waals surface area contributed by atoms with Gasteiger partial charge in [0.25, 0.3) is 0 Å². The van der Waals surface area contributed by atoms with Gasteiger partial charge in [0.2, 0.25) is 0 Å². The molecule has 314 valence electrons. The quantitative estimate of drug-likeness (QED) is 0.0121. The first-order chi connectivity index (χ1) is 26.0. The summed E-state index contributed by atoms with van der Waals surface area (Å²) in [5.41, 5.74) is 0. The molecule has 0 saturated heterocycles. The van der Waals surface area contributed by atoms with E-state index in [0.29, 0.717) is 23.9 Å². The van der Waals surface area contributed by atoms with Gasteiger partial charge in [0.05, 0.1) is 40.1 Å². The zero-order valence-corrected chi connectivity index (χ0v) is 35.9. The van der Waals surface area contributed by atoms with E-state index in [1.165, 1.54) is 64.2 Å². The second-order valence-electron chi connectivity index (χ2n) is 15.3. The van der Waals surface area contributed by atoms with Crippen molar-refractivity contribution >= 4 is 13.8 Å². The lowest BCUT2D eigenvalue weighted by atomic mass is 10.1. The molecule has 3 atom stereocenters. The number of allylic oxidation sites excluding steroid dienone is 7. The third-order valence-corrected chi connectivity index (χ3v) is 9.69. The average molecular weight is 783 g/mol. The van der Waals surface area contributed by atoms with Gasteiger partial charge < -0.3 is 24.0 Å². The number of esters is 1. The third-order valence-electron chi connectivity index (χ3n) is 8.71. The molecule has 0 aromatic carbocycles. The smallest absolute Gasteiger partial charge is 0.472 e. The molecule has 9 nitrogen and oxygen atoms in total. The number of phosphoric acid groups is 1. The Labute approximate surface area is 331 Å². The summed E-state index contributed by atoms with van der Waals surface area (Å²) < 4.78 is 34.6. The number of unbranched alkanes of at least 4 members (excludes halogenated alkanes) is 16. The van der Waals surface area contributed by atoms with Crippen molar-refractivity contribution < 1.29 is 42.4 Å². The van der Waals surface area contributed by atoms with Crippen LogP contribution in [0.2, 0.25) is 0 Å². The first-order valence-corrected chi connectivity index (χ1v) is 22.7. The van der Waals surface area contributed by atoms with Crippen LogP contribution >= 0.6 is 7.82 Å². The number of hydrogen-bond acceptors (Lipinski definition) is 7. The van der Waals surface area contributed by atoms with Gasteiger partial charge in [0.1, 0.15) is 19.8 Å². The number of phosphoric ester groups is 1. The molecule has 2 unspecified atom stereocenters. The minimum Gasteiger partial charge on any atom is -0.498 e. The van der Waals surface area contributed by atoms with Crippen LogP contribution in [0.3, 0.4) is 0 Å². The first kappa shape index (κ1) is 52.0. The van der Waals surface area contributed by atoms with Gasteiger partial charge in [-0.15, -0.1) is 0 Å². The zero-order chi connectivity index (χ0) is 40.0. The largest absolute Gasteiger partial charge is 0.498 e. The van der Waals surface area contributed by atoms with Crippen LogP contribution in [0, 0.1) is 0 Å². The van der Waals surface area contributed by atoms with E-state index in [1.54, 1.807) is 12.3 Å². The van der Waals surface area contributed by atoms with Gasteiger partial charge in [-0.3, -0.25) is 13.8 Å². The van der Waals surface area contributed by atoms with Crippen LogP contribution in [-0.2, 0) is 27.9 Å². The predicted octanol–water partition coefficient (Wildman–Crippen LogP) is 11.5. The number of carbonyl (C=O) groups is 1. The van der Waals surface area contributed by atoms with Crippen molar-refractivity contribution in [2.45, 2.75) is 167 Å². The van der Waals surface area contributed by atoms with Crippen LogP contribution < -0.4 is 0 Å². The van der Waals surface area contributed by atoms with E-state index in [1.807, 2.05) is 45.4 Å². The minimum absolute atomic E-state index is 0.0176. The van der Waals surface area contributed by atoms with Gasteiger partial charge in [-0.2, -0.15) is 0 Å². The van der Waals surface area contributed by atoms with Crippen molar-refractivity contribution in [3.8, 4) is 0 Å². The highest BCUT2D eigenvalue weighted by Crippen LogP contribution is 2.43. The summed E-state index contributed by atoms with van der Waals surface area (Å²) in [7, 11) is 1.57. The Kier molecular flexibility index (Phi) is 35.3. The summed E-state index contributed by atoms with van der Waals surface area (Å²) in [6.45, 7) is 4.64. The van der Waals surface area contributed by atoms with E-state index in [0.717, 1.165) is 57.8 Å². The molecule has 2 N–H and O–H groups in total. The summed E-state index contributed by atoms with van der Waals surface area (Å²) in [5, 5.41) is 9.88. The van der Waals surface area contributed by atoms with Crippen molar-refractivity contribution in [1.29, 1.82) is 0 Å². The van der Waals surface area contributed by atoms with Crippen LogP contribution in [0.15, 0.2) is 60.9 Å². The number of aliphatic hydroxyl groups excluding tert-OH is 1. The molecule has 0 heterocycles. The number of quaternary nitrogens is 1. The maximum atomic E-state index is 12.7. The maximum absolute atomic E-state index is 12.7. The van der Waals surface area contributed by atoms with Crippen LogP contribution in [0.25, 0.3) is 0 Å². The molecule has 0 fully saturated rings. The molecule has 0 radical (unpaired) electrons. The van der Waals surface area contributed by atoms with Gasteiger partial charge in [0.15, 0.2) is 6.10 Å². The van der Waals surface area contributed by atoms with Crippen LogP contribution in [0.1, 0.15) is 155 Å². The third kappa shape index (κ3) is 39.7. The van der Waals surface area contributed by atoms with Crippen molar-refractivity contribution in [1.82, 2.24) is 0 Å². The lowest BCUT2D eigenvalue weighted by molar-refractivity contribution is -0.870. The molecular weight excluding hydrogens is 701 g/mol. The predicted molar refractivity (Wildman–Crippen MR) is 225 cm³/mol. The highest BCUT2D eigenvalue weighted by Gasteiger charge is 2.26. The van der Waals surface area contributed by atoms with Gasteiger partial charge in [-0.05, 0) is 76.7 Å². The molecule has 0 aromatic heterocycles. The fraction of sp³-hybridized carbons (Fsp3) is 0.750. The molecule has 0 aliphatic rings. The molecule has 0 aliphatic heterocycles. The summed E-state index contributed by atoms with van der Waals surface area (Å²) >= 11 is 0. The first-order valence-electron chi connectivity index (χ1n) is 21.2. The second-order valence-corrected chi connectivity index (χ2v) is 16.7. The van der Waals surface area contributed by atoms with Crippen LogP contribution in [0.5, 0.6) is 0 Å². The Hall–Kier alpha value is -2.00. The number of hydrogen-bond donors (Lipinski definition) is 2. The molecule has 0 amide bonds. The summed E-state index contributed by atoms with van der Waals surface area (Å²) in [6, 6.07) is 0. The monoisotopic (exact) mass is 783 g/mol. The normalized spacial score (nSPS) is 14.9. The van der Waals surface area contributed by atoms with E-state index >= 15 is 0 Å². The van der Waals surface area contributed by atoms with Crippen LogP contribution in [0.4, 0.5) is 0 Å². The highest BCUT2D eigenvalue weighted by molar-refractivity contribution is 7.47. The van der Waals surface area contributed by atoms with E-state index in [2.05, 4.69) is 38.2 Å². The molecular formula is C44H81NO8P+. The Balaban J connectivity index is 4.41. The number of likely N-dealkylation sites (N-methyl/N-ethyl adjacent to an activating group) is 1. The van der Waals surface area contributed by atoms with Crippen molar-refractivity contribution in [3.05, 3.63) is 60.9 Å². The Morgan fingerprint density at radius 1 is 0.685 bits per heavy atom. The zero-order valence-electron chi connectivity index (χ0n) is 35.1. The Morgan fingerprint density at radius 3 is 1.87 bits per heavy atom. The molecule has 0 aliphatic carbocycles. The number of rotatable bonds is 38. The fourth-order valence-corrected chi connectivity index (χ4v) is 6.11. The Morgan fingerprint density at radius 2 is 1.26 bits per heavy atom. The molecule has 0 rings (SSSR count). The van der Waals surface area contributed by atoms with Crippen molar-refractivity contribution in [2.24, 2.45) is 0 Å².